The number of hydrogen-bond donors (Lipinski definition) is 1. The monoisotopic (exact) mass is 514 g/mol. The van der Waals surface area contributed by atoms with Crippen LogP contribution in [-0.4, -0.2) is 66.2 Å². The lowest BCUT2D eigenvalue weighted by molar-refractivity contribution is 0.0599. The molecule has 1 unspecified atom stereocenters. The van der Waals surface area contributed by atoms with Crippen LogP contribution in [0.1, 0.15) is 46.8 Å². The Balaban J connectivity index is 1.02. The van der Waals surface area contributed by atoms with Crippen LogP contribution < -0.4 is 4.74 Å². The van der Waals surface area contributed by atoms with Crippen molar-refractivity contribution < 1.29 is 14.6 Å². The molecular formula is C31H34N2O3S. The molecule has 192 valence electrons. The molecule has 0 spiro atoms. The van der Waals surface area contributed by atoms with Gasteiger partial charge in [-0.1, -0.05) is 48.5 Å². The predicted octanol–water partition coefficient (Wildman–Crippen LogP) is 5.91. The molecule has 6 rings (SSSR count). The topological polar surface area (TPSA) is 53.0 Å². The third-order valence-corrected chi connectivity index (χ3v) is 8.95. The van der Waals surface area contributed by atoms with Gasteiger partial charge in [0.15, 0.2) is 0 Å². The molecule has 2 fully saturated rings. The summed E-state index contributed by atoms with van der Waals surface area (Å²) in [5, 5.41) is 14.3. The van der Waals surface area contributed by atoms with Crippen LogP contribution in [0.5, 0.6) is 5.75 Å². The third-order valence-electron chi connectivity index (χ3n) is 7.86. The van der Waals surface area contributed by atoms with Gasteiger partial charge in [0.25, 0.3) is 5.91 Å². The molecule has 4 aromatic rings. The van der Waals surface area contributed by atoms with Crippen LogP contribution in [0.4, 0.5) is 0 Å². The summed E-state index contributed by atoms with van der Waals surface area (Å²) in [7, 11) is 0. The van der Waals surface area contributed by atoms with Crippen molar-refractivity contribution in [3.63, 3.8) is 0 Å². The van der Waals surface area contributed by atoms with Crippen molar-refractivity contribution in [2.45, 2.75) is 37.7 Å². The average Bonchev–Trinajstić information content (AvgIpc) is 3.63. The Morgan fingerprint density at radius 1 is 0.946 bits per heavy atom. The highest BCUT2D eigenvalue weighted by Gasteiger charge is 2.24. The average molecular weight is 515 g/mol. The van der Waals surface area contributed by atoms with Gasteiger partial charge in [-0.3, -0.25) is 4.79 Å². The Bertz CT molecular complexity index is 1390. The van der Waals surface area contributed by atoms with Crippen molar-refractivity contribution in [2.24, 2.45) is 0 Å². The summed E-state index contributed by atoms with van der Waals surface area (Å²) in [6.45, 7) is 4.52. The van der Waals surface area contributed by atoms with E-state index in [0.29, 0.717) is 12.5 Å². The molecule has 6 heteroatoms. The standard InChI is InChI=1S/C31H34N2O3S/c34-26(20-32-16-12-23(13-17-32)25-11-10-22-6-1-2-7-24(22)18-25)21-36-28-8-5-9-29-27(28)19-30(37-29)31(35)33-14-3-4-15-33/h1-2,5-11,18-19,23,26,34H,3-4,12-17,20-21H2. The van der Waals surface area contributed by atoms with Gasteiger partial charge in [-0.15, -0.1) is 11.3 Å². The van der Waals surface area contributed by atoms with Gasteiger partial charge in [0.05, 0.1) is 4.88 Å². The zero-order valence-corrected chi connectivity index (χ0v) is 22.0. The number of carbonyl (C=O) groups is 1. The largest absolute Gasteiger partial charge is 0.490 e. The molecule has 2 aliphatic rings. The maximum atomic E-state index is 12.8. The van der Waals surface area contributed by atoms with E-state index in [0.717, 1.165) is 72.6 Å². The summed E-state index contributed by atoms with van der Waals surface area (Å²) in [6, 6.07) is 23.3. The van der Waals surface area contributed by atoms with E-state index in [1.165, 1.54) is 27.7 Å². The number of amides is 1. The number of hydrogen-bond acceptors (Lipinski definition) is 5. The van der Waals surface area contributed by atoms with E-state index in [-0.39, 0.29) is 12.5 Å². The van der Waals surface area contributed by atoms with Gasteiger partial charge in [0.1, 0.15) is 18.5 Å². The van der Waals surface area contributed by atoms with E-state index in [9.17, 15) is 9.90 Å². The molecule has 3 aromatic carbocycles. The minimum Gasteiger partial charge on any atom is -0.490 e. The summed E-state index contributed by atoms with van der Waals surface area (Å²) in [6.07, 6.45) is 3.83. The molecule has 0 aliphatic carbocycles. The Kier molecular flexibility index (Phi) is 7.14. The summed E-state index contributed by atoms with van der Waals surface area (Å²) < 4.78 is 7.12. The van der Waals surface area contributed by atoms with Crippen LogP contribution in [0.3, 0.4) is 0 Å². The van der Waals surface area contributed by atoms with Gasteiger partial charge < -0.3 is 19.6 Å². The lowest BCUT2D eigenvalue weighted by Gasteiger charge is -2.33. The third kappa shape index (κ3) is 5.37. The number of rotatable bonds is 7. The van der Waals surface area contributed by atoms with Crippen LogP contribution in [0.2, 0.25) is 0 Å². The van der Waals surface area contributed by atoms with E-state index < -0.39 is 6.10 Å². The van der Waals surface area contributed by atoms with E-state index >= 15 is 0 Å². The first-order valence-corrected chi connectivity index (χ1v) is 14.3. The molecule has 2 aliphatic heterocycles. The smallest absolute Gasteiger partial charge is 0.263 e. The minimum atomic E-state index is -0.559. The fourth-order valence-corrected chi connectivity index (χ4v) is 6.83. The highest BCUT2D eigenvalue weighted by Crippen LogP contribution is 2.34. The number of benzene rings is 3. The lowest BCUT2D eigenvalue weighted by Crippen LogP contribution is -2.40. The van der Waals surface area contributed by atoms with E-state index in [4.69, 9.17) is 4.74 Å². The zero-order chi connectivity index (χ0) is 25.2. The number of nitrogens with zero attached hydrogens (tertiary/aromatic N) is 2. The fourth-order valence-electron chi connectivity index (χ4n) is 5.79. The molecule has 0 bridgehead atoms. The fraction of sp³-hybridized carbons (Fsp3) is 0.387. The molecular weight excluding hydrogens is 480 g/mol. The van der Waals surface area contributed by atoms with Crippen LogP contribution in [0, 0.1) is 0 Å². The number of β-amino-alcohol motifs (C(OH)–C–C–N with tert-alkyl or cyclic N) is 1. The molecule has 0 saturated carbocycles. The summed E-state index contributed by atoms with van der Waals surface area (Å²) in [5.41, 5.74) is 1.42. The number of piperidine rings is 1. The molecule has 1 atom stereocenters. The van der Waals surface area contributed by atoms with Crippen molar-refractivity contribution in [3.05, 3.63) is 77.2 Å². The zero-order valence-electron chi connectivity index (χ0n) is 21.1. The first-order valence-electron chi connectivity index (χ1n) is 13.5. The van der Waals surface area contributed by atoms with Crippen molar-refractivity contribution in [2.75, 3.05) is 39.3 Å². The van der Waals surface area contributed by atoms with Crippen molar-refractivity contribution >= 4 is 38.1 Å². The Morgan fingerprint density at radius 3 is 2.54 bits per heavy atom. The summed E-state index contributed by atoms with van der Waals surface area (Å²) >= 11 is 1.53. The normalized spacial score (nSPS) is 18.0. The van der Waals surface area contributed by atoms with Crippen molar-refractivity contribution in [3.8, 4) is 5.75 Å². The van der Waals surface area contributed by atoms with Gasteiger partial charge in [-0.05, 0) is 79.2 Å². The number of carbonyl (C=O) groups excluding carboxylic acids is 1. The van der Waals surface area contributed by atoms with Crippen LogP contribution >= 0.6 is 11.3 Å². The van der Waals surface area contributed by atoms with E-state index in [1.54, 1.807) is 0 Å². The predicted molar refractivity (Wildman–Crippen MR) is 151 cm³/mol. The van der Waals surface area contributed by atoms with Crippen LogP contribution in [0.25, 0.3) is 20.9 Å². The molecule has 3 heterocycles. The van der Waals surface area contributed by atoms with Gasteiger partial charge in [0.2, 0.25) is 0 Å². The molecule has 0 radical (unpaired) electrons. The molecule has 1 amide bonds. The second-order valence-electron chi connectivity index (χ2n) is 10.4. The van der Waals surface area contributed by atoms with Crippen LogP contribution in [-0.2, 0) is 0 Å². The number of likely N-dealkylation sites (tertiary alicyclic amines) is 2. The summed E-state index contributed by atoms with van der Waals surface area (Å²) in [5.74, 6) is 1.43. The molecule has 1 aromatic heterocycles. The Labute approximate surface area is 222 Å². The van der Waals surface area contributed by atoms with Crippen LogP contribution in [0.15, 0.2) is 66.7 Å². The maximum absolute atomic E-state index is 12.8. The number of fused-ring (bicyclic) bond motifs is 2. The number of aliphatic hydroxyl groups excluding tert-OH is 1. The molecule has 37 heavy (non-hydrogen) atoms. The second kappa shape index (κ2) is 10.8. The van der Waals surface area contributed by atoms with E-state index in [2.05, 4.69) is 47.4 Å². The highest BCUT2D eigenvalue weighted by atomic mass is 32.1. The number of aliphatic hydroxyl groups is 1. The van der Waals surface area contributed by atoms with Gasteiger partial charge in [-0.2, -0.15) is 0 Å². The highest BCUT2D eigenvalue weighted by molar-refractivity contribution is 7.20. The number of thiophene rings is 1. The first-order chi connectivity index (χ1) is 18.1. The van der Waals surface area contributed by atoms with Crippen molar-refractivity contribution in [1.29, 1.82) is 0 Å². The maximum Gasteiger partial charge on any atom is 0.263 e. The first kappa shape index (κ1) is 24.4. The lowest BCUT2D eigenvalue weighted by atomic mass is 9.88. The second-order valence-corrected chi connectivity index (χ2v) is 11.5. The quantitative estimate of drug-likeness (QED) is 0.333. The Morgan fingerprint density at radius 2 is 1.73 bits per heavy atom. The molecule has 1 N–H and O–H groups in total. The van der Waals surface area contributed by atoms with Gasteiger partial charge in [-0.25, -0.2) is 0 Å². The van der Waals surface area contributed by atoms with E-state index in [1.807, 2.05) is 29.2 Å². The molecule has 2 saturated heterocycles. The summed E-state index contributed by atoms with van der Waals surface area (Å²) in [4.78, 5) is 17.9. The van der Waals surface area contributed by atoms with Gasteiger partial charge in [0, 0.05) is 29.7 Å². The van der Waals surface area contributed by atoms with Gasteiger partial charge >= 0.3 is 0 Å². The SMILES string of the molecule is O=C(c1cc2c(OCC(O)CN3CCC(c4ccc5ccccc5c4)CC3)cccc2s1)N1CCCC1. The minimum absolute atomic E-state index is 0.122. The molecule has 5 nitrogen and oxygen atoms in total. The number of ether oxygens (including phenoxy) is 1. The van der Waals surface area contributed by atoms with Crippen molar-refractivity contribution in [1.82, 2.24) is 9.80 Å². The Hall–Kier alpha value is -2.93.